The Morgan fingerprint density at radius 1 is 1.28 bits per heavy atom. The zero-order valence-corrected chi connectivity index (χ0v) is 11.2. The van der Waals surface area contributed by atoms with Crippen molar-refractivity contribution in [2.75, 3.05) is 5.32 Å². The van der Waals surface area contributed by atoms with Crippen LogP contribution in [0.15, 0.2) is 18.2 Å². The van der Waals surface area contributed by atoms with E-state index in [9.17, 15) is 0 Å². The molecule has 1 N–H and O–H groups in total. The predicted molar refractivity (Wildman–Crippen MR) is 72.7 cm³/mol. The first-order chi connectivity index (χ1) is 8.65. The number of rotatable bonds is 2. The molecule has 2 aromatic rings. The van der Waals surface area contributed by atoms with Crippen molar-refractivity contribution >= 4 is 11.6 Å². The number of aryl methyl sites for hydroxylation is 1. The molecule has 3 atom stereocenters. The highest BCUT2D eigenvalue weighted by Gasteiger charge is 2.30. The Balaban J connectivity index is 1.85. The number of anilines is 1. The first-order valence-corrected chi connectivity index (χ1v) is 6.74. The zero-order valence-electron chi connectivity index (χ0n) is 11.2. The van der Waals surface area contributed by atoms with Crippen LogP contribution < -0.4 is 5.32 Å². The van der Waals surface area contributed by atoms with Gasteiger partial charge in [0.05, 0.1) is 0 Å². The molecule has 18 heavy (non-hydrogen) atoms. The number of hydrogen-bond acceptors (Lipinski definition) is 3. The summed E-state index contributed by atoms with van der Waals surface area (Å²) in [7, 11) is 0. The summed E-state index contributed by atoms with van der Waals surface area (Å²) in [5.74, 6) is 2.24. The first-order valence-electron chi connectivity index (χ1n) is 6.74. The van der Waals surface area contributed by atoms with Gasteiger partial charge in [-0.15, -0.1) is 5.10 Å². The lowest BCUT2D eigenvalue weighted by atomic mass is 9.98. The lowest BCUT2D eigenvalue weighted by molar-refractivity contribution is 0.434. The molecule has 0 spiro atoms. The summed E-state index contributed by atoms with van der Waals surface area (Å²) < 4.78 is 1.89. The molecule has 2 heterocycles. The van der Waals surface area contributed by atoms with Crippen molar-refractivity contribution in [3.8, 4) is 0 Å². The summed E-state index contributed by atoms with van der Waals surface area (Å²) in [6.45, 7) is 6.69. The van der Waals surface area contributed by atoms with E-state index in [1.165, 1.54) is 12.8 Å². The molecule has 3 unspecified atom stereocenters. The van der Waals surface area contributed by atoms with Gasteiger partial charge in [-0.05, 0) is 43.7 Å². The highest BCUT2D eigenvalue weighted by Crippen LogP contribution is 2.32. The van der Waals surface area contributed by atoms with E-state index < -0.39 is 0 Å². The SMILES string of the molecule is Cc1cccc2nc(NC3CCC(C)C3C)nn12. The van der Waals surface area contributed by atoms with Crippen LogP contribution in [0, 0.1) is 18.8 Å². The fourth-order valence-corrected chi connectivity index (χ4v) is 2.83. The van der Waals surface area contributed by atoms with Gasteiger partial charge in [0, 0.05) is 11.7 Å². The standard InChI is InChI=1S/C14H20N4/c1-9-7-8-12(11(9)3)15-14-16-13-6-4-5-10(2)18(13)17-14/h4-6,9,11-12H,7-8H2,1-3H3,(H,15,17). The minimum Gasteiger partial charge on any atom is -0.350 e. The van der Waals surface area contributed by atoms with Gasteiger partial charge in [-0.25, -0.2) is 4.52 Å². The Kier molecular flexibility index (Phi) is 2.73. The van der Waals surface area contributed by atoms with E-state index in [2.05, 4.69) is 29.2 Å². The average Bonchev–Trinajstić information content (AvgIpc) is 2.89. The summed E-state index contributed by atoms with van der Waals surface area (Å²) >= 11 is 0. The Morgan fingerprint density at radius 2 is 2.11 bits per heavy atom. The molecular formula is C14H20N4. The van der Waals surface area contributed by atoms with Crippen LogP contribution in [0.1, 0.15) is 32.4 Å². The molecule has 0 bridgehead atoms. The van der Waals surface area contributed by atoms with Crippen molar-refractivity contribution in [2.24, 2.45) is 11.8 Å². The molecule has 4 heteroatoms. The first kappa shape index (κ1) is 11.5. The molecule has 1 saturated carbocycles. The minimum absolute atomic E-state index is 0.512. The van der Waals surface area contributed by atoms with Gasteiger partial charge in [-0.1, -0.05) is 19.9 Å². The summed E-state index contributed by atoms with van der Waals surface area (Å²) in [6, 6.07) is 6.57. The van der Waals surface area contributed by atoms with Crippen molar-refractivity contribution in [2.45, 2.75) is 39.7 Å². The molecule has 0 amide bonds. The number of nitrogens with one attached hydrogen (secondary N) is 1. The number of nitrogens with zero attached hydrogens (tertiary/aromatic N) is 3. The van der Waals surface area contributed by atoms with Crippen molar-refractivity contribution < 1.29 is 0 Å². The second kappa shape index (κ2) is 4.26. The summed E-state index contributed by atoms with van der Waals surface area (Å²) in [5, 5.41) is 8.02. The van der Waals surface area contributed by atoms with Gasteiger partial charge in [-0.2, -0.15) is 4.98 Å². The molecule has 4 nitrogen and oxygen atoms in total. The Hall–Kier alpha value is -1.58. The van der Waals surface area contributed by atoms with Crippen LogP contribution in [0.25, 0.3) is 5.65 Å². The molecule has 3 rings (SSSR count). The highest BCUT2D eigenvalue weighted by molar-refractivity contribution is 5.44. The monoisotopic (exact) mass is 244 g/mol. The number of fused-ring (bicyclic) bond motifs is 1. The van der Waals surface area contributed by atoms with Gasteiger partial charge in [0.25, 0.3) is 0 Å². The maximum Gasteiger partial charge on any atom is 0.243 e. The van der Waals surface area contributed by atoms with E-state index in [1.807, 2.05) is 29.6 Å². The molecule has 1 fully saturated rings. The van der Waals surface area contributed by atoms with E-state index in [0.717, 1.165) is 23.2 Å². The summed E-state index contributed by atoms with van der Waals surface area (Å²) in [4.78, 5) is 4.54. The summed E-state index contributed by atoms with van der Waals surface area (Å²) in [6.07, 6.45) is 2.52. The van der Waals surface area contributed by atoms with Crippen LogP contribution in [-0.2, 0) is 0 Å². The Bertz CT molecular complexity index is 560. The molecule has 96 valence electrons. The summed E-state index contributed by atoms with van der Waals surface area (Å²) in [5.41, 5.74) is 2.03. The van der Waals surface area contributed by atoms with Gasteiger partial charge >= 0.3 is 0 Å². The van der Waals surface area contributed by atoms with Gasteiger partial charge in [0.1, 0.15) is 0 Å². The molecular weight excluding hydrogens is 224 g/mol. The Labute approximate surface area is 107 Å². The fourth-order valence-electron chi connectivity index (χ4n) is 2.83. The molecule has 0 aliphatic heterocycles. The van der Waals surface area contributed by atoms with Crippen LogP contribution in [0.2, 0.25) is 0 Å². The maximum atomic E-state index is 4.54. The number of aromatic nitrogens is 3. The molecule has 0 radical (unpaired) electrons. The van der Waals surface area contributed by atoms with E-state index in [-0.39, 0.29) is 0 Å². The highest BCUT2D eigenvalue weighted by atomic mass is 15.4. The molecule has 0 saturated heterocycles. The predicted octanol–water partition coefficient (Wildman–Crippen LogP) is 2.88. The third kappa shape index (κ3) is 1.85. The molecule has 0 aromatic carbocycles. The average molecular weight is 244 g/mol. The fraction of sp³-hybridized carbons (Fsp3) is 0.571. The van der Waals surface area contributed by atoms with Crippen molar-refractivity contribution in [3.63, 3.8) is 0 Å². The van der Waals surface area contributed by atoms with Gasteiger partial charge < -0.3 is 5.32 Å². The number of pyridine rings is 1. The molecule has 2 aromatic heterocycles. The van der Waals surface area contributed by atoms with Crippen LogP contribution >= 0.6 is 0 Å². The van der Waals surface area contributed by atoms with Crippen LogP contribution in [-0.4, -0.2) is 20.6 Å². The van der Waals surface area contributed by atoms with Crippen molar-refractivity contribution in [1.82, 2.24) is 14.6 Å². The van der Waals surface area contributed by atoms with Crippen LogP contribution in [0.4, 0.5) is 5.95 Å². The third-order valence-corrected chi connectivity index (χ3v) is 4.33. The van der Waals surface area contributed by atoms with E-state index in [4.69, 9.17) is 0 Å². The van der Waals surface area contributed by atoms with E-state index in [1.54, 1.807) is 0 Å². The molecule has 1 aliphatic rings. The van der Waals surface area contributed by atoms with E-state index >= 15 is 0 Å². The quantitative estimate of drug-likeness (QED) is 0.883. The lowest BCUT2D eigenvalue weighted by Gasteiger charge is -2.18. The second-order valence-corrected chi connectivity index (χ2v) is 5.54. The van der Waals surface area contributed by atoms with Crippen molar-refractivity contribution in [1.29, 1.82) is 0 Å². The topological polar surface area (TPSA) is 42.2 Å². The third-order valence-electron chi connectivity index (χ3n) is 4.33. The lowest BCUT2D eigenvalue weighted by Crippen LogP contribution is -2.24. The van der Waals surface area contributed by atoms with Crippen LogP contribution in [0.3, 0.4) is 0 Å². The number of hydrogen-bond donors (Lipinski definition) is 1. The van der Waals surface area contributed by atoms with Gasteiger partial charge in [0.2, 0.25) is 5.95 Å². The zero-order chi connectivity index (χ0) is 12.7. The van der Waals surface area contributed by atoms with Gasteiger partial charge in [-0.3, -0.25) is 0 Å². The maximum absolute atomic E-state index is 4.54. The normalized spacial score (nSPS) is 27.8. The van der Waals surface area contributed by atoms with Crippen molar-refractivity contribution in [3.05, 3.63) is 23.9 Å². The minimum atomic E-state index is 0.512. The molecule has 1 aliphatic carbocycles. The largest absolute Gasteiger partial charge is 0.350 e. The van der Waals surface area contributed by atoms with E-state index in [0.29, 0.717) is 12.0 Å². The smallest absolute Gasteiger partial charge is 0.243 e. The van der Waals surface area contributed by atoms with Gasteiger partial charge in [0.15, 0.2) is 5.65 Å². The Morgan fingerprint density at radius 3 is 2.78 bits per heavy atom. The second-order valence-electron chi connectivity index (χ2n) is 5.54. The van der Waals surface area contributed by atoms with Crippen LogP contribution in [0.5, 0.6) is 0 Å².